The number of rotatable bonds is 7. The molecule has 0 spiro atoms. The second kappa shape index (κ2) is 11.2. The van der Waals surface area contributed by atoms with Crippen LogP contribution in [-0.2, 0) is 9.53 Å². The van der Waals surface area contributed by atoms with E-state index in [-0.39, 0.29) is 39.7 Å². The SMILES string of the molecule is COc1ccc(-c2cc(=O)c3c(O)c(OC)c(OC4OC(C(=O)Nc5ccc(O)cc5)=C(O)C(O)C4O)cc3o2)cc1. The molecule has 6 N–H and O–H groups in total. The fraction of sp³-hybridized carbons (Fsp3) is 0.172. The first-order valence-electron chi connectivity index (χ1n) is 12.4. The number of aliphatic hydroxyl groups excluding tert-OH is 3. The first-order chi connectivity index (χ1) is 20.1. The Labute approximate surface area is 237 Å². The van der Waals surface area contributed by atoms with Crippen molar-refractivity contribution in [2.75, 3.05) is 19.5 Å². The van der Waals surface area contributed by atoms with E-state index in [2.05, 4.69) is 5.32 Å². The molecule has 218 valence electrons. The molecule has 0 bridgehead atoms. The summed E-state index contributed by atoms with van der Waals surface area (Å²) in [5.74, 6) is -3.25. The molecule has 42 heavy (non-hydrogen) atoms. The van der Waals surface area contributed by atoms with Gasteiger partial charge in [0.15, 0.2) is 28.8 Å². The topological polar surface area (TPSA) is 197 Å². The molecule has 13 heteroatoms. The number of nitrogens with one attached hydrogen (secondary N) is 1. The van der Waals surface area contributed by atoms with Crippen molar-refractivity contribution < 1.29 is 53.7 Å². The molecule has 1 aliphatic rings. The molecule has 3 aromatic carbocycles. The molecular formula is C29H25NO12. The van der Waals surface area contributed by atoms with Crippen LogP contribution in [0.1, 0.15) is 0 Å². The number of hydrogen-bond donors (Lipinski definition) is 6. The van der Waals surface area contributed by atoms with Crippen molar-refractivity contribution in [3.05, 3.63) is 82.4 Å². The normalized spacial score (nSPS) is 18.3. The van der Waals surface area contributed by atoms with Gasteiger partial charge >= 0.3 is 0 Å². The number of benzene rings is 3. The van der Waals surface area contributed by atoms with Crippen molar-refractivity contribution in [3.63, 3.8) is 0 Å². The van der Waals surface area contributed by atoms with Crippen LogP contribution in [0, 0.1) is 0 Å². The van der Waals surface area contributed by atoms with E-state index in [1.165, 1.54) is 50.6 Å². The quantitative estimate of drug-likeness (QED) is 0.175. The fourth-order valence-corrected chi connectivity index (χ4v) is 4.26. The second-order valence-corrected chi connectivity index (χ2v) is 9.09. The highest BCUT2D eigenvalue weighted by atomic mass is 16.7. The monoisotopic (exact) mass is 579 g/mol. The minimum absolute atomic E-state index is 0.0458. The highest BCUT2D eigenvalue weighted by molar-refractivity contribution is 6.02. The van der Waals surface area contributed by atoms with E-state index in [4.69, 9.17) is 23.4 Å². The van der Waals surface area contributed by atoms with Gasteiger partial charge in [0.05, 0.1) is 14.2 Å². The molecule has 3 unspecified atom stereocenters. The second-order valence-electron chi connectivity index (χ2n) is 9.09. The summed E-state index contributed by atoms with van der Waals surface area (Å²) in [6.07, 6.45) is -5.71. The Morgan fingerprint density at radius 1 is 0.929 bits per heavy atom. The molecule has 0 saturated carbocycles. The lowest BCUT2D eigenvalue weighted by Crippen LogP contribution is -2.49. The molecule has 2 heterocycles. The van der Waals surface area contributed by atoms with Crippen LogP contribution in [0.4, 0.5) is 5.69 Å². The van der Waals surface area contributed by atoms with Gasteiger partial charge in [-0.1, -0.05) is 0 Å². The standard InChI is InChI=1S/C29H25NO12/c1-38-16-9-3-13(4-10-16)18-11-17(32)21-19(40-18)12-20(26(39-2)22(21)33)41-29-25(36)23(34)24(35)27(42-29)28(37)30-14-5-7-15(31)8-6-14/h3-12,23,25,29,31,33-36H,1-2H3,(H,30,37). The number of phenols is 2. The number of methoxy groups -OCH3 is 2. The van der Waals surface area contributed by atoms with Crippen molar-refractivity contribution in [1.82, 2.24) is 0 Å². The van der Waals surface area contributed by atoms with Crippen LogP contribution in [0.3, 0.4) is 0 Å². The van der Waals surface area contributed by atoms with E-state index in [0.29, 0.717) is 11.3 Å². The van der Waals surface area contributed by atoms with Crippen molar-refractivity contribution >= 4 is 22.6 Å². The number of carbonyl (C=O) groups excluding carboxylic acids is 1. The Morgan fingerprint density at radius 3 is 2.26 bits per heavy atom. The maximum absolute atomic E-state index is 13.0. The number of fused-ring (bicyclic) bond motifs is 1. The number of carbonyl (C=O) groups is 1. The number of aliphatic hydroxyl groups is 3. The molecular weight excluding hydrogens is 554 g/mol. The minimum Gasteiger partial charge on any atom is -0.508 e. The number of anilines is 1. The smallest absolute Gasteiger partial charge is 0.294 e. The number of ether oxygens (including phenoxy) is 4. The predicted molar refractivity (Wildman–Crippen MR) is 147 cm³/mol. The molecule has 13 nitrogen and oxygen atoms in total. The van der Waals surface area contributed by atoms with Gasteiger partial charge in [0.25, 0.3) is 12.2 Å². The lowest BCUT2D eigenvalue weighted by Gasteiger charge is -2.33. The molecule has 0 radical (unpaired) electrons. The van der Waals surface area contributed by atoms with Gasteiger partial charge in [0.1, 0.15) is 34.3 Å². The number of amides is 1. The molecule has 3 atom stereocenters. The first-order valence-corrected chi connectivity index (χ1v) is 12.4. The summed E-state index contributed by atoms with van der Waals surface area (Å²) in [4.78, 5) is 25.8. The van der Waals surface area contributed by atoms with Gasteiger partial charge in [-0.3, -0.25) is 9.59 Å². The summed E-state index contributed by atoms with van der Waals surface area (Å²) in [6.45, 7) is 0. The van der Waals surface area contributed by atoms with E-state index in [1.54, 1.807) is 24.3 Å². The first kappa shape index (κ1) is 28.1. The van der Waals surface area contributed by atoms with E-state index in [9.17, 15) is 35.1 Å². The predicted octanol–water partition coefficient (Wildman–Crippen LogP) is 2.75. The van der Waals surface area contributed by atoms with Crippen LogP contribution in [-0.4, -0.2) is 64.2 Å². The molecule has 5 rings (SSSR count). The zero-order chi connectivity index (χ0) is 30.1. The molecule has 0 fully saturated rings. The van der Waals surface area contributed by atoms with Crippen LogP contribution in [0.5, 0.6) is 28.7 Å². The van der Waals surface area contributed by atoms with Crippen LogP contribution < -0.4 is 25.0 Å². The molecule has 1 aromatic heterocycles. The molecule has 4 aromatic rings. The van der Waals surface area contributed by atoms with E-state index in [0.717, 1.165) is 0 Å². The van der Waals surface area contributed by atoms with E-state index in [1.807, 2.05) is 0 Å². The maximum Gasteiger partial charge on any atom is 0.294 e. The number of hydrogen-bond acceptors (Lipinski definition) is 12. The van der Waals surface area contributed by atoms with Crippen molar-refractivity contribution in [1.29, 1.82) is 0 Å². The Morgan fingerprint density at radius 2 is 1.62 bits per heavy atom. The lowest BCUT2D eigenvalue weighted by molar-refractivity contribution is -0.177. The molecule has 1 amide bonds. The van der Waals surface area contributed by atoms with E-state index >= 15 is 0 Å². The van der Waals surface area contributed by atoms with Gasteiger partial charge in [-0.15, -0.1) is 0 Å². The number of phenolic OH excluding ortho intramolecular Hbond substituents is 2. The third-order valence-electron chi connectivity index (χ3n) is 6.42. The highest BCUT2D eigenvalue weighted by Gasteiger charge is 2.43. The molecule has 1 aliphatic heterocycles. The average Bonchev–Trinajstić information content (AvgIpc) is 2.98. The van der Waals surface area contributed by atoms with E-state index < -0.39 is 47.1 Å². The zero-order valence-corrected chi connectivity index (χ0v) is 22.1. The zero-order valence-electron chi connectivity index (χ0n) is 22.1. The summed E-state index contributed by atoms with van der Waals surface area (Å²) in [7, 11) is 2.70. The maximum atomic E-state index is 13.0. The van der Waals surface area contributed by atoms with Gasteiger partial charge in [0, 0.05) is 23.4 Å². The molecule has 0 saturated heterocycles. The van der Waals surface area contributed by atoms with Crippen LogP contribution in [0.15, 0.2) is 81.4 Å². The van der Waals surface area contributed by atoms with Crippen molar-refractivity contribution in [2.24, 2.45) is 0 Å². The van der Waals surface area contributed by atoms with Gasteiger partial charge in [0.2, 0.25) is 11.5 Å². The van der Waals surface area contributed by atoms with Gasteiger partial charge in [-0.25, -0.2) is 0 Å². The Bertz CT molecular complexity index is 1730. The summed E-state index contributed by atoms with van der Waals surface area (Å²) in [5, 5.41) is 53.9. The lowest BCUT2D eigenvalue weighted by atomic mass is 10.1. The third kappa shape index (κ3) is 5.21. The van der Waals surface area contributed by atoms with Gasteiger partial charge in [-0.2, -0.15) is 0 Å². The number of aromatic hydroxyl groups is 2. The van der Waals surface area contributed by atoms with Gasteiger partial charge in [-0.05, 0) is 48.5 Å². The van der Waals surface area contributed by atoms with Crippen molar-refractivity contribution in [2.45, 2.75) is 18.5 Å². The minimum atomic E-state index is -2.00. The largest absolute Gasteiger partial charge is 0.508 e. The van der Waals surface area contributed by atoms with Crippen LogP contribution in [0.25, 0.3) is 22.3 Å². The Balaban J connectivity index is 1.49. The van der Waals surface area contributed by atoms with Crippen LogP contribution in [0.2, 0.25) is 0 Å². The molecule has 0 aliphatic carbocycles. The Hall–Kier alpha value is -5.40. The van der Waals surface area contributed by atoms with Crippen molar-refractivity contribution in [3.8, 4) is 40.1 Å². The van der Waals surface area contributed by atoms with Gasteiger partial charge < -0.3 is 54.2 Å². The Kier molecular flexibility index (Phi) is 7.53. The third-order valence-corrected chi connectivity index (χ3v) is 6.42. The highest BCUT2D eigenvalue weighted by Crippen LogP contribution is 2.43. The summed E-state index contributed by atoms with van der Waals surface area (Å²) in [6, 6.07) is 14.5. The average molecular weight is 580 g/mol. The summed E-state index contributed by atoms with van der Waals surface area (Å²) < 4.78 is 27.4. The summed E-state index contributed by atoms with van der Waals surface area (Å²) >= 11 is 0. The van der Waals surface area contributed by atoms with Crippen LogP contribution >= 0.6 is 0 Å². The fourth-order valence-electron chi connectivity index (χ4n) is 4.26. The summed E-state index contributed by atoms with van der Waals surface area (Å²) in [5.41, 5.74) is 0.0567.